The van der Waals surface area contributed by atoms with Gasteiger partial charge in [-0.05, 0) is 86.6 Å². The number of nitrogens with zero attached hydrogens (tertiary/aromatic N) is 3. The zero-order valence-corrected chi connectivity index (χ0v) is 25.3. The van der Waals surface area contributed by atoms with Crippen LogP contribution in [0.2, 0.25) is 0 Å². The van der Waals surface area contributed by atoms with Crippen LogP contribution in [-0.4, -0.2) is 39.7 Å². The fourth-order valence-corrected chi connectivity index (χ4v) is 6.71. The standard InChI is InChI=1S/C35H43N5O2/c1-23-5-13-29(14-6-23)40-32(22-31(38-40)35(2,3)4)37-34(42)36-28-11-8-24(9-12-28)19-25-15-17-39(18-16-25)33(41)30-21-26-7-10-27(30)20-26/h5-14,22,25-27,30H,15-21H2,1-4H3,(H2,36,37,42). The van der Waals surface area contributed by atoms with E-state index in [1.807, 2.05) is 42.5 Å². The number of amides is 3. The Balaban J connectivity index is 1.02. The normalized spacial score (nSPS) is 22.0. The summed E-state index contributed by atoms with van der Waals surface area (Å²) in [6.07, 6.45) is 9.90. The Kier molecular flexibility index (Phi) is 7.69. The average molecular weight is 566 g/mol. The van der Waals surface area contributed by atoms with E-state index in [2.05, 4.69) is 67.5 Å². The SMILES string of the molecule is Cc1ccc(-n2nc(C(C)(C)C)cc2NC(=O)Nc2ccc(CC3CCN(C(=O)C4CC5C=CC4C5)CC3)cc2)cc1. The number of hydrogen-bond donors (Lipinski definition) is 2. The number of fused-ring (bicyclic) bond motifs is 2. The van der Waals surface area contributed by atoms with Gasteiger partial charge in [-0.15, -0.1) is 0 Å². The predicted molar refractivity (Wildman–Crippen MR) is 168 cm³/mol. The summed E-state index contributed by atoms with van der Waals surface area (Å²) in [5.74, 6) is 2.92. The molecule has 2 aliphatic carbocycles. The second-order valence-corrected chi connectivity index (χ2v) is 13.5. The lowest BCUT2D eigenvalue weighted by Gasteiger charge is -2.35. The van der Waals surface area contributed by atoms with Gasteiger partial charge in [0.15, 0.2) is 0 Å². The first-order valence-corrected chi connectivity index (χ1v) is 15.4. The number of benzene rings is 2. The van der Waals surface area contributed by atoms with Gasteiger partial charge in [-0.1, -0.05) is 62.8 Å². The molecule has 2 heterocycles. The van der Waals surface area contributed by atoms with Crippen LogP contribution in [0.1, 0.15) is 63.3 Å². The van der Waals surface area contributed by atoms with E-state index >= 15 is 0 Å². The van der Waals surface area contributed by atoms with E-state index in [4.69, 9.17) is 5.10 Å². The highest BCUT2D eigenvalue weighted by molar-refractivity contribution is 5.99. The number of rotatable bonds is 6. The Hall–Kier alpha value is -3.87. The monoisotopic (exact) mass is 565 g/mol. The quantitative estimate of drug-likeness (QED) is 0.313. The fourth-order valence-electron chi connectivity index (χ4n) is 6.71. The first-order chi connectivity index (χ1) is 20.1. The number of aryl methyl sites for hydroxylation is 1. The highest BCUT2D eigenvalue weighted by Gasteiger charge is 2.42. The number of hydrogen-bond acceptors (Lipinski definition) is 3. The number of allylic oxidation sites excluding steroid dienone is 2. The number of nitrogens with one attached hydrogen (secondary N) is 2. The molecule has 3 atom stereocenters. The molecule has 0 spiro atoms. The molecule has 3 aromatic rings. The molecule has 7 heteroatoms. The molecular weight excluding hydrogens is 522 g/mol. The van der Waals surface area contributed by atoms with Gasteiger partial charge in [0, 0.05) is 36.2 Å². The van der Waals surface area contributed by atoms with Crippen LogP contribution in [0.3, 0.4) is 0 Å². The summed E-state index contributed by atoms with van der Waals surface area (Å²) in [7, 11) is 0. The second kappa shape index (κ2) is 11.4. The van der Waals surface area contributed by atoms with Crippen molar-refractivity contribution in [1.82, 2.24) is 14.7 Å². The van der Waals surface area contributed by atoms with E-state index in [1.54, 1.807) is 4.68 Å². The van der Waals surface area contributed by atoms with E-state index in [9.17, 15) is 9.59 Å². The highest BCUT2D eigenvalue weighted by Crippen LogP contribution is 2.44. The summed E-state index contributed by atoms with van der Waals surface area (Å²) in [5, 5.41) is 10.8. The van der Waals surface area contributed by atoms with Crippen LogP contribution >= 0.6 is 0 Å². The molecule has 0 radical (unpaired) electrons. The molecule has 6 rings (SSSR count). The molecule has 1 saturated carbocycles. The van der Waals surface area contributed by atoms with Gasteiger partial charge < -0.3 is 10.2 Å². The van der Waals surface area contributed by atoms with Gasteiger partial charge in [0.05, 0.1) is 11.4 Å². The molecule has 2 fully saturated rings. The minimum absolute atomic E-state index is 0.155. The maximum absolute atomic E-state index is 13.1. The fraction of sp³-hybridized carbons (Fsp3) is 0.457. The molecule has 220 valence electrons. The van der Waals surface area contributed by atoms with Gasteiger partial charge >= 0.3 is 6.03 Å². The van der Waals surface area contributed by atoms with Crippen molar-refractivity contribution in [1.29, 1.82) is 0 Å². The summed E-state index contributed by atoms with van der Waals surface area (Å²) in [6, 6.07) is 17.9. The van der Waals surface area contributed by atoms with E-state index in [0.29, 0.717) is 29.5 Å². The average Bonchev–Trinajstić information content (AvgIpc) is 3.71. The van der Waals surface area contributed by atoms with E-state index in [-0.39, 0.29) is 17.4 Å². The van der Waals surface area contributed by atoms with E-state index < -0.39 is 0 Å². The van der Waals surface area contributed by atoms with Crippen molar-refractivity contribution in [3.63, 3.8) is 0 Å². The molecular formula is C35H43N5O2. The lowest BCUT2D eigenvalue weighted by Crippen LogP contribution is -2.43. The number of piperidine rings is 1. The van der Waals surface area contributed by atoms with Gasteiger partial charge in [-0.25, -0.2) is 9.48 Å². The van der Waals surface area contributed by atoms with Crippen molar-refractivity contribution in [2.45, 2.75) is 65.2 Å². The van der Waals surface area contributed by atoms with Gasteiger partial charge in [-0.3, -0.25) is 10.1 Å². The molecule has 1 aliphatic heterocycles. The van der Waals surface area contributed by atoms with Gasteiger partial charge in [-0.2, -0.15) is 5.10 Å². The molecule has 2 bridgehead atoms. The third-order valence-electron chi connectivity index (χ3n) is 9.26. The van der Waals surface area contributed by atoms with Crippen LogP contribution in [0.15, 0.2) is 66.7 Å². The topological polar surface area (TPSA) is 79.3 Å². The van der Waals surface area contributed by atoms with E-state index in [1.165, 1.54) is 17.5 Å². The van der Waals surface area contributed by atoms with Gasteiger partial charge in [0.25, 0.3) is 0 Å². The first-order valence-electron chi connectivity index (χ1n) is 15.4. The van der Waals surface area contributed by atoms with Crippen LogP contribution in [0.5, 0.6) is 0 Å². The summed E-state index contributed by atoms with van der Waals surface area (Å²) < 4.78 is 1.79. The predicted octanol–water partition coefficient (Wildman–Crippen LogP) is 7.12. The maximum Gasteiger partial charge on any atom is 0.324 e. The minimum atomic E-state index is -0.306. The summed E-state index contributed by atoms with van der Waals surface area (Å²) >= 11 is 0. The van der Waals surface area contributed by atoms with Crippen LogP contribution in [0, 0.1) is 30.6 Å². The molecule has 7 nitrogen and oxygen atoms in total. The number of likely N-dealkylation sites (tertiary alicyclic amines) is 1. The van der Waals surface area contributed by atoms with Crippen molar-refractivity contribution >= 4 is 23.4 Å². The number of anilines is 2. The van der Waals surface area contributed by atoms with E-state index in [0.717, 1.165) is 55.8 Å². The van der Waals surface area contributed by atoms with Crippen molar-refractivity contribution in [2.24, 2.45) is 23.7 Å². The number of carbonyl (C=O) groups excluding carboxylic acids is 2. The smallest absolute Gasteiger partial charge is 0.324 e. The second-order valence-electron chi connectivity index (χ2n) is 13.5. The summed E-state index contributed by atoms with van der Waals surface area (Å²) in [4.78, 5) is 28.2. The first kappa shape index (κ1) is 28.3. The Morgan fingerprint density at radius 1 is 0.929 bits per heavy atom. The Morgan fingerprint density at radius 3 is 2.26 bits per heavy atom. The van der Waals surface area contributed by atoms with Crippen LogP contribution in [0.25, 0.3) is 5.69 Å². The van der Waals surface area contributed by atoms with Crippen LogP contribution in [-0.2, 0) is 16.6 Å². The maximum atomic E-state index is 13.1. The van der Waals surface area contributed by atoms with Crippen LogP contribution in [0.4, 0.5) is 16.3 Å². The van der Waals surface area contributed by atoms with Crippen molar-refractivity contribution in [2.75, 3.05) is 23.7 Å². The Morgan fingerprint density at radius 2 is 1.64 bits per heavy atom. The minimum Gasteiger partial charge on any atom is -0.342 e. The summed E-state index contributed by atoms with van der Waals surface area (Å²) in [6.45, 7) is 10.1. The zero-order valence-electron chi connectivity index (χ0n) is 25.3. The molecule has 3 aliphatic rings. The number of urea groups is 1. The lowest BCUT2D eigenvalue weighted by atomic mass is 9.88. The molecule has 2 aromatic carbocycles. The van der Waals surface area contributed by atoms with Gasteiger partial charge in [0.1, 0.15) is 5.82 Å². The van der Waals surface area contributed by atoms with Crippen molar-refractivity contribution in [3.05, 3.63) is 83.6 Å². The molecule has 1 saturated heterocycles. The Bertz CT molecular complexity index is 1460. The Labute approximate surface area is 249 Å². The number of aromatic nitrogens is 2. The molecule has 1 aromatic heterocycles. The third-order valence-corrected chi connectivity index (χ3v) is 9.26. The highest BCUT2D eigenvalue weighted by atomic mass is 16.2. The lowest BCUT2D eigenvalue weighted by molar-refractivity contribution is -0.137. The molecule has 3 amide bonds. The molecule has 42 heavy (non-hydrogen) atoms. The largest absolute Gasteiger partial charge is 0.342 e. The summed E-state index contributed by atoms with van der Waals surface area (Å²) in [5.41, 5.74) is 4.82. The third kappa shape index (κ3) is 6.15. The van der Waals surface area contributed by atoms with Gasteiger partial charge in [0.2, 0.25) is 5.91 Å². The zero-order chi connectivity index (χ0) is 29.4. The molecule has 2 N–H and O–H groups in total. The van der Waals surface area contributed by atoms with Crippen molar-refractivity contribution < 1.29 is 9.59 Å². The van der Waals surface area contributed by atoms with Crippen LogP contribution < -0.4 is 10.6 Å². The number of carbonyl (C=O) groups is 2. The van der Waals surface area contributed by atoms with Crippen molar-refractivity contribution in [3.8, 4) is 5.69 Å². The molecule has 3 unspecified atom stereocenters.